The first-order valence-corrected chi connectivity index (χ1v) is 6.38. The van der Waals surface area contributed by atoms with E-state index >= 15 is 0 Å². The first kappa shape index (κ1) is 13.0. The number of nitrogens with zero attached hydrogens (tertiary/aromatic N) is 3. The number of carboxylic acid groups (broad SMARTS) is 1. The SMILES string of the molecule is CCc1nc(CN2CCC(C)CC2C(=O)O)no1. The monoisotopic (exact) mass is 253 g/mol. The highest BCUT2D eigenvalue weighted by molar-refractivity contribution is 5.73. The van der Waals surface area contributed by atoms with Crippen LogP contribution in [0.5, 0.6) is 0 Å². The molecule has 1 aliphatic heterocycles. The molecule has 2 heterocycles. The summed E-state index contributed by atoms with van der Waals surface area (Å²) in [7, 11) is 0. The van der Waals surface area contributed by atoms with Crippen molar-refractivity contribution >= 4 is 5.97 Å². The number of likely N-dealkylation sites (tertiary alicyclic amines) is 1. The van der Waals surface area contributed by atoms with Gasteiger partial charge in [-0.3, -0.25) is 9.69 Å². The van der Waals surface area contributed by atoms with Crippen LogP contribution in [-0.4, -0.2) is 38.7 Å². The molecular weight excluding hydrogens is 234 g/mol. The number of hydrogen-bond acceptors (Lipinski definition) is 5. The van der Waals surface area contributed by atoms with Crippen LogP contribution in [0.4, 0.5) is 0 Å². The van der Waals surface area contributed by atoms with Crippen molar-refractivity contribution in [1.82, 2.24) is 15.0 Å². The van der Waals surface area contributed by atoms with Crippen LogP contribution in [0.15, 0.2) is 4.52 Å². The van der Waals surface area contributed by atoms with E-state index in [1.165, 1.54) is 0 Å². The van der Waals surface area contributed by atoms with E-state index in [0.29, 0.717) is 37.0 Å². The van der Waals surface area contributed by atoms with Gasteiger partial charge in [0.2, 0.25) is 5.89 Å². The van der Waals surface area contributed by atoms with Crippen LogP contribution < -0.4 is 0 Å². The summed E-state index contributed by atoms with van der Waals surface area (Å²) >= 11 is 0. The Hall–Kier alpha value is -1.43. The molecule has 1 saturated heterocycles. The third kappa shape index (κ3) is 2.87. The van der Waals surface area contributed by atoms with Crippen LogP contribution >= 0.6 is 0 Å². The number of carbonyl (C=O) groups is 1. The van der Waals surface area contributed by atoms with Crippen LogP contribution in [0.25, 0.3) is 0 Å². The molecule has 2 unspecified atom stereocenters. The summed E-state index contributed by atoms with van der Waals surface area (Å²) in [5.74, 6) is 0.870. The van der Waals surface area contributed by atoms with Crippen LogP contribution in [0, 0.1) is 5.92 Å². The number of hydrogen-bond donors (Lipinski definition) is 1. The molecule has 2 atom stereocenters. The quantitative estimate of drug-likeness (QED) is 0.871. The highest BCUT2D eigenvalue weighted by atomic mass is 16.5. The lowest BCUT2D eigenvalue weighted by molar-refractivity contribution is -0.145. The first-order valence-electron chi connectivity index (χ1n) is 6.38. The van der Waals surface area contributed by atoms with Gasteiger partial charge in [-0.2, -0.15) is 4.98 Å². The number of carboxylic acids is 1. The van der Waals surface area contributed by atoms with Crippen LogP contribution in [-0.2, 0) is 17.8 Å². The molecule has 0 radical (unpaired) electrons. The average molecular weight is 253 g/mol. The Morgan fingerprint density at radius 2 is 2.39 bits per heavy atom. The van der Waals surface area contributed by atoms with Crippen molar-refractivity contribution in [3.05, 3.63) is 11.7 Å². The number of aromatic nitrogens is 2. The second-order valence-corrected chi connectivity index (χ2v) is 4.91. The zero-order valence-corrected chi connectivity index (χ0v) is 10.8. The molecule has 1 aromatic heterocycles. The minimum Gasteiger partial charge on any atom is -0.480 e. The minimum atomic E-state index is -0.763. The summed E-state index contributed by atoms with van der Waals surface area (Å²) in [5.41, 5.74) is 0. The fourth-order valence-corrected chi connectivity index (χ4v) is 2.32. The molecule has 0 amide bonds. The lowest BCUT2D eigenvalue weighted by Crippen LogP contribution is -2.46. The number of aliphatic carboxylic acids is 1. The zero-order valence-electron chi connectivity index (χ0n) is 10.8. The summed E-state index contributed by atoms with van der Waals surface area (Å²) in [6.07, 6.45) is 2.41. The van der Waals surface area contributed by atoms with Gasteiger partial charge < -0.3 is 9.63 Å². The van der Waals surface area contributed by atoms with Crippen molar-refractivity contribution in [2.75, 3.05) is 6.54 Å². The number of rotatable bonds is 4. The van der Waals surface area contributed by atoms with Crippen LogP contribution in [0.3, 0.4) is 0 Å². The summed E-state index contributed by atoms with van der Waals surface area (Å²) in [6, 6.07) is -0.433. The van der Waals surface area contributed by atoms with E-state index in [1.807, 2.05) is 11.8 Å². The molecule has 1 aromatic rings. The predicted molar refractivity (Wildman–Crippen MR) is 63.9 cm³/mol. The Kier molecular flexibility index (Phi) is 3.96. The van der Waals surface area contributed by atoms with E-state index in [4.69, 9.17) is 4.52 Å². The van der Waals surface area contributed by atoms with E-state index in [1.54, 1.807) is 0 Å². The van der Waals surface area contributed by atoms with Gasteiger partial charge in [-0.25, -0.2) is 0 Å². The van der Waals surface area contributed by atoms with E-state index in [2.05, 4.69) is 17.1 Å². The van der Waals surface area contributed by atoms with Crippen molar-refractivity contribution in [3.63, 3.8) is 0 Å². The highest BCUT2D eigenvalue weighted by Crippen LogP contribution is 2.23. The molecule has 100 valence electrons. The molecule has 6 heteroatoms. The maximum absolute atomic E-state index is 11.3. The Bertz CT molecular complexity index is 418. The Balaban J connectivity index is 2.04. The van der Waals surface area contributed by atoms with E-state index in [-0.39, 0.29) is 0 Å². The van der Waals surface area contributed by atoms with Crippen molar-refractivity contribution in [2.24, 2.45) is 5.92 Å². The van der Waals surface area contributed by atoms with Gasteiger partial charge in [0.15, 0.2) is 5.82 Å². The van der Waals surface area contributed by atoms with Crippen molar-refractivity contribution in [3.8, 4) is 0 Å². The predicted octanol–water partition coefficient (Wildman–Crippen LogP) is 1.32. The Morgan fingerprint density at radius 1 is 1.61 bits per heavy atom. The molecule has 1 fully saturated rings. The van der Waals surface area contributed by atoms with Crippen molar-refractivity contribution in [1.29, 1.82) is 0 Å². The third-order valence-corrected chi connectivity index (χ3v) is 3.42. The molecule has 18 heavy (non-hydrogen) atoms. The number of piperidine rings is 1. The Labute approximate surface area is 106 Å². The summed E-state index contributed by atoms with van der Waals surface area (Å²) < 4.78 is 5.04. The van der Waals surface area contributed by atoms with Gasteiger partial charge in [-0.15, -0.1) is 0 Å². The molecular formula is C12H19N3O3. The molecule has 1 aliphatic rings. The summed E-state index contributed by atoms with van der Waals surface area (Å²) in [4.78, 5) is 17.4. The molecule has 0 spiro atoms. The summed E-state index contributed by atoms with van der Waals surface area (Å²) in [5, 5.41) is 13.1. The average Bonchev–Trinajstić information content (AvgIpc) is 2.79. The lowest BCUT2D eigenvalue weighted by atomic mass is 9.92. The topological polar surface area (TPSA) is 79.5 Å². The molecule has 0 aromatic carbocycles. The molecule has 1 N–H and O–H groups in total. The van der Waals surface area contributed by atoms with Gasteiger partial charge in [0, 0.05) is 6.42 Å². The second kappa shape index (κ2) is 5.48. The largest absolute Gasteiger partial charge is 0.480 e. The van der Waals surface area contributed by atoms with Gasteiger partial charge in [0.25, 0.3) is 0 Å². The molecule has 0 aliphatic carbocycles. The van der Waals surface area contributed by atoms with Gasteiger partial charge in [-0.05, 0) is 25.3 Å². The summed E-state index contributed by atoms with van der Waals surface area (Å²) in [6.45, 7) is 5.26. The molecule has 6 nitrogen and oxygen atoms in total. The first-order chi connectivity index (χ1) is 8.60. The normalized spacial score (nSPS) is 25.2. The van der Waals surface area contributed by atoms with Crippen molar-refractivity contribution in [2.45, 2.75) is 45.7 Å². The second-order valence-electron chi connectivity index (χ2n) is 4.91. The van der Waals surface area contributed by atoms with Gasteiger partial charge in [-0.1, -0.05) is 19.0 Å². The van der Waals surface area contributed by atoms with Crippen LogP contribution in [0.2, 0.25) is 0 Å². The lowest BCUT2D eigenvalue weighted by Gasteiger charge is -2.35. The maximum atomic E-state index is 11.3. The Morgan fingerprint density at radius 3 is 3.00 bits per heavy atom. The fourth-order valence-electron chi connectivity index (χ4n) is 2.32. The van der Waals surface area contributed by atoms with Gasteiger partial charge in [0.1, 0.15) is 6.04 Å². The van der Waals surface area contributed by atoms with Gasteiger partial charge in [0.05, 0.1) is 6.54 Å². The minimum absolute atomic E-state index is 0.433. The molecule has 2 rings (SSSR count). The fraction of sp³-hybridized carbons (Fsp3) is 0.750. The molecule has 0 bridgehead atoms. The smallest absolute Gasteiger partial charge is 0.320 e. The van der Waals surface area contributed by atoms with Gasteiger partial charge >= 0.3 is 5.97 Å². The maximum Gasteiger partial charge on any atom is 0.320 e. The van der Waals surface area contributed by atoms with Crippen molar-refractivity contribution < 1.29 is 14.4 Å². The standard InChI is InChI=1S/C12H19N3O3/c1-3-11-13-10(14-18-11)7-15-5-4-8(2)6-9(15)12(16)17/h8-9H,3-7H2,1-2H3,(H,16,17). The zero-order chi connectivity index (χ0) is 13.1. The molecule has 0 saturated carbocycles. The highest BCUT2D eigenvalue weighted by Gasteiger charge is 2.32. The van der Waals surface area contributed by atoms with Crippen LogP contribution in [0.1, 0.15) is 38.4 Å². The van der Waals surface area contributed by atoms with E-state index in [0.717, 1.165) is 13.0 Å². The third-order valence-electron chi connectivity index (χ3n) is 3.42. The number of aryl methyl sites for hydroxylation is 1. The van der Waals surface area contributed by atoms with E-state index in [9.17, 15) is 9.90 Å². The van der Waals surface area contributed by atoms with E-state index < -0.39 is 12.0 Å².